The maximum absolute atomic E-state index is 13.0. The lowest BCUT2D eigenvalue weighted by molar-refractivity contribution is -0.113. The summed E-state index contributed by atoms with van der Waals surface area (Å²) in [6.07, 6.45) is 6.49. The normalized spacial score (nSPS) is 14.2. The van der Waals surface area contributed by atoms with E-state index in [4.69, 9.17) is 0 Å². The summed E-state index contributed by atoms with van der Waals surface area (Å²) in [5, 5.41) is 22.3. The van der Waals surface area contributed by atoms with Gasteiger partial charge in [0.05, 0.1) is 11.3 Å². The molecule has 1 N–H and O–H groups in total. The van der Waals surface area contributed by atoms with Gasteiger partial charge in [-0.1, -0.05) is 61.4 Å². The third-order valence-electron chi connectivity index (χ3n) is 6.71. The molecule has 0 unspecified atom stereocenters. The highest BCUT2D eigenvalue weighted by Crippen LogP contribution is 2.37. The van der Waals surface area contributed by atoms with Crippen LogP contribution < -0.4 is 5.32 Å². The number of aromatic nitrogens is 4. The number of nitrogens with one attached hydrogen (secondary N) is 1. The van der Waals surface area contributed by atoms with Crippen molar-refractivity contribution in [2.75, 3.05) is 11.1 Å². The number of anilines is 1. The summed E-state index contributed by atoms with van der Waals surface area (Å²) in [5.41, 5.74) is 3.77. The highest BCUT2D eigenvalue weighted by molar-refractivity contribution is 7.99. The first-order valence-electron chi connectivity index (χ1n) is 12.0. The van der Waals surface area contributed by atoms with Crippen molar-refractivity contribution in [2.45, 2.75) is 77.0 Å². The van der Waals surface area contributed by atoms with Crippen LogP contribution in [0.5, 0.6) is 0 Å². The molecule has 2 aromatic heterocycles. The van der Waals surface area contributed by atoms with Crippen LogP contribution in [0.15, 0.2) is 35.5 Å². The Balaban J connectivity index is 1.48. The zero-order chi connectivity index (χ0) is 24.1. The molecule has 1 aliphatic carbocycles. The Morgan fingerprint density at radius 1 is 1.18 bits per heavy atom. The molecule has 0 bridgehead atoms. The Morgan fingerprint density at radius 2 is 1.91 bits per heavy atom. The van der Waals surface area contributed by atoms with E-state index in [1.54, 1.807) is 0 Å². The number of nitrogens with zero attached hydrogens (tertiary/aromatic N) is 5. The smallest absolute Gasteiger partial charge is 0.235 e. The van der Waals surface area contributed by atoms with Crippen LogP contribution in [0.4, 0.5) is 5.82 Å². The summed E-state index contributed by atoms with van der Waals surface area (Å²) in [4.78, 5) is 13.0. The average Bonchev–Trinajstić information content (AvgIpc) is 3.35. The average molecular weight is 477 g/mol. The van der Waals surface area contributed by atoms with E-state index < -0.39 is 0 Å². The van der Waals surface area contributed by atoms with Crippen molar-refractivity contribution in [1.29, 1.82) is 5.26 Å². The van der Waals surface area contributed by atoms with Gasteiger partial charge < -0.3 is 14.5 Å². The Labute approximate surface area is 205 Å². The number of carbonyl (C=O) groups excluding carboxylic acids is 1. The first-order chi connectivity index (χ1) is 16.5. The summed E-state index contributed by atoms with van der Waals surface area (Å²) in [5.74, 6) is 1.62. The first-order valence-corrected chi connectivity index (χ1v) is 13.0. The van der Waals surface area contributed by atoms with Crippen molar-refractivity contribution >= 4 is 23.5 Å². The Kier molecular flexibility index (Phi) is 7.73. The number of rotatable bonds is 8. The number of hydrogen-bond acceptors (Lipinski definition) is 5. The van der Waals surface area contributed by atoms with E-state index in [2.05, 4.69) is 49.8 Å². The molecule has 1 fully saturated rings. The van der Waals surface area contributed by atoms with E-state index in [1.807, 2.05) is 32.0 Å². The van der Waals surface area contributed by atoms with Gasteiger partial charge in [-0.25, -0.2) is 0 Å². The molecular formula is C26H32N6OS. The van der Waals surface area contributed by atoms with Crippen molar-refractivity contribution in [3.05, 3.63) is 58.5 Å². The minimum Gasteiger partial charge on any atom is -0.327 e. The molecule has 8 heteroatoms. The fourth-order valence-corrected chi connectivity index (χ4v) is 5.65. The summed E-state index contributed by atoms with van der Waals surface area (Å²) >= 11 is 1.38. The topological polar surface area (TPSA) is 88.5 Å². The van der Waals surface area contributed by atoms with E-state index in [9.17, 15) is 10.1 Å². The number of benzene rings is 1. The largest absolute Gasteiger partial charge is 0.327 e. The quantitative estimate of drug-likeness (QED) is 0.439. The van der Waals surface area contributed by atoms with Crippen molar-refractivity contribution in [3.63, 3.8) is 0 Å². The fraction of sp³-hybridized carbons (Fsp3) is 0.462. The predicted molar refractivity (Wildman–Crippen MR) is 135 cm³/mol. The van der Waals surface area contributed by atoms with Crippen LogP contribution in [0.1, 0.15) is 73.3 Å². The molecule has 7 nitrogen and oxygen atoms in total. The summed E-state index contributed by atoms with van der Waals surface area (Å²) in [7, 11) is 0. The summed E-state index contributed by atoms with van der Waals surface area (Å²) in [6, 6.07) is 12.8. The minimum atomic E-state index is -0.133. The zero-order valence-electron chi connectivity index (χ0n) is 20.2. The lowest BCUT2D eigenvalue weighted by atomic mass is 9.95. The molecular weight excluding hydrogens is 444 g/mol. The highest BCUT2D eigenvalue weighted by atomic mass is 32.2. The van der Waals surface area contributed by atoms with E-state index in [0.29, 0.717) is 23.8 Å². The van der Waals surface area contributed by atoms with Gasteiger partial charge in [0.25, 0.3) is 0 Å². The number of amides is 1. The van der Waals surface area contributed by atoms with Crippen molar-refractivity contribution in [1.82, 2.24) is 19.3 Å². The third-order valence-corrected chi connectivity index (χ3v) is 7.68. The second-order valence-corrected chi connectivity index (χ2v) is 9.79. The van der Waals surface area contributed by atoms with E-state index >= 15 is 0 Å². The molecule has 0 radical (unpaired) electrons. The Bertz CT molecular complexity index is 1180. The van der Waals surface area contributed by atoms with Crippen molar-refractivity contribution < 1.29 is 4.79 Å². The van der Waals surface area contributed by atoms with E-state index in [-0.39, 0.29) is 11.7 Å². The molecule has 2 heterocycles. The maximum atomic E-state index is 13.0. The van der Waals surface area contributed by atoms with Gasteiger partial charge in [0.15, 0.2) is 5.16 Å². The van der Waals surface area contributed by atoms with Crippen LogP contribution in [0, 0.1) is 25.2 Å². The molecule has 4 rings (SSSR count). The standard InChI is InChI=1S/C26H32N6OS/c1-4-31-23(15-20-11-7-5-8-12-20)29-30-26(31)34-17-24(33)28-25-22(16-27)18(2)19(3)32(25)21-13-9-6-10-14-21/h5,7-8,11-12,21H,4,6,9-10,13-15,17H2,1-3H3,(H,28,33). The van der Waals surface area contributed by atoms with Gasteiger partial charge >= 0.3 is 0 Å². The lowest BCUT2D eigenvalue weighted by Gasteiger charge is -2.27. The van der Waals surface area contributed by atoms with Crippen LogP contribution in [0.25, 0.3) is 0 Å². The SMILES string of the molecule is CCn1c(Cc2ccccc2)nnc1SCC(=O)Nc1c(C#N)c(C)c(C)n1C1CCCCC1. The van der Waals surface area contributed by atoms with Crippen LogP contribution in [-0.4, -0.2) is 31.0 Å². The first kappa shape index (κ1) is 24.1. The lowest BCUT2D eigenvalue weighted by Crippen LogP contribution is -2.22. The van der Waals surface area contributed by atoms with Crippen LogP contribution in [0.2, 0.25) is 0 Å². The molecule has 0 aliphatic heterocycles. The zero-order valence-corrected chi connectivity index (χ0v) is 21.0. The molecule has 1 aromatic carbocycles. The minimum absolute atomic E-state index is 0.133. The summed E-state index contributed by atoms with van der Waals surface area (Å²) < 4.78 is 4.26. The second-order valence-electron chi connectivity index (χ2n) is 8.85. The molecule has 1 amide bonds. The van der Waals surface area contributed by atoms with Gasteiger partial charge in [-0.2, -0.15) is 5.26 Å². The van der Waals surface area contributed by atoms with Crippen LogP contribution in [-0.2, 0) is 17.8 Å². The highest BCUT2D eigenvalue weighted by Gasteiger charge is 2.26. The van der Waals surface area contributed by atoms with E-state index in [0.717, 1.165) is 41.6 Å². The van der Waals surface area contributed by atoms with Gasteiger partial charge in [0, 0.05) is 24.7 Å². The van der Waals surface area contributed by atoms with Crippen LogP contribution >= 0.6 is 11.8 Å². The van der Waals surface area contributed by atoms with Crippen LogP contribution in [0.3, 0.4) is 0 Å². The molecule has 0 spiro atoms. The molecule has 1 saturated carbocycles. The molecule has 34 heavy (non-hydrogen) atoms. The van der Waals surface area contributed by atoms with Crippen molar-refractivity contribution in [3.8, 4) is 6.07 Å². The fourth-order valence-electron chi connectivity index (χ4n) is 4.83. The molecule has 0 atom stereocenters. The van der Waals surface area contributed by atoms with Gasteiger partial charge in [0.1, 0.15) is 17.7 Å². The summed E-state index contributed by atoms with van der Waals surface area (Å²) in [6.45, 7) is 6.81. The third kappa shape index (κ3) is 5.05. The van der Waals surface area contributed by atoms with Gasteiger partial charge in [0.2, 0.25) is 5.91 Å². The predicted octanol–water partition coefficient (Wildman–Crippen LogP) is 5.41. The van der Waals surface area contributed by atoms with Gasteiger partial charge in [-0.15, -0.1) is 10.2 Å². The number of nitriles is 1. The molecule has 3 aromatic rings. The van der Waals surface area contributed by atoms with Gasteiger partial charge in [-0.05, 0) is 44.7 Å². The Morgan fingerprint density at radius 3 is 2.59 bits per heavy atom. The van der Waals surface area contributed by atoms with Crippen molar-refractivity contribution in [2.24, 2.45) is 0 Å². The maximum Gasteiger partial charge on any atom is 0.235 e. The van der Waals surface area contributed by atoms with Gasteiger partial charge in [-0.3, -0.25) is 4.79 Å². The molecule has 178 valence electrons. The monoisotopic (exact) mass is 476 g/mol. The number of carbonyl (C=O) groups is 1. The number of thioether (sulfide) groups is 1. The molecule has 1 aliphatic rings. The molecule has 0 saturated heterocycles. The second kappa shape index (κ2) is 10.9. The Hall–Kier alpha value is -3.05. The van der Waals surface area contributed by atoms with E-state index in [1.165, 1.54) is 36.6 Å². The number of hydrogen-bond donors (Lipinski definition) is 1.